The van der Waals surface area contributed by atoms with E-state index >= 15 is 0 Å². The molecule has 0 unspecified atom stereocenters. The van der Waals surface area contributed by atoms with Crippen LogP contribution in [0.3, 0.4) is 0 Å². The van der Waals surface area contributed by atoms with Crippen molar-refractivity contribution < 1.29 is 9.59 Å². The van der Waals surface area contributed by atoms with Crippen LogP contribution >= 0.6 is 11.8 Å². The molecule has 2 N–H and O–H groups in total. The van der Waals surface area contributed by atoms with Crippen molar-refractivity contribution in [1.29, 1.82) is 0 Å². The highest BCUT2D eigenvalue weighted by molar-refractivity contribution is 7.99. The molecule has 0 bridgehead atoms. The Balaban J connectivity index is 1.51. The van der Waals surface area contributed by atoms with Gasteiger partial charge in [-0.05, 0) is 36.2 Å². The molecular formula is C21H23N5O2S. The van der Waals surface area contributed by atoms with Crippen LogP contribution in [0.15, 0.2) is 59.8 Å². The summed E-state index contributed by atoms with van der Waals surface area (Å²) in [5, 5.41) is 14.4. The molecule has 2 aromatic carbocycles. The molecule has 0 saturated heterocycles. The Bertz CT molecular complexity index is 970. The third-order valence-electron chi connectivity index (χ3n) is 4.28. The summed E-state index contributed by atoms with van der Waals surface area (Å²) in [5.74, 6) is 0.455. The minimum Gasteiger partial charge on any atom is -0.326 e. The van der Waals surface area contributed by atoms with Crippen molar-refractivity contribution in [2.24, 2.45) is 7.05 Å². The fourth-order valence-corrected chi connectivity index (χ4v) is 3.38. The molecule has 1 heterocycles. The lowest BCUT2D eigenvalue weighted by Gasteiger charge is -2.07. The number of carbonyl (C=O) groups is 2. The lowest BCUT2D eigenvalue weighted by molar-refractivity contribution is -0.116. The molecule has 0 aliphatic rings. The van der Waals surface area contributed by atoms with E-state index in [-0.39, 0.29) is 24.0 Å². The molecule has 0 aliphatic carbocycles. The SMILES string of the molecule is CCc1ccc(NC(=O)CSc2nnc(CC(=O)Nc3ccccc3)n2C)cc1. The van der Waals surface area contributed by atoms with Gasteiger partial charge in [0.2, 0.25) is 11.8 Å². The molecule has 29 heavy (non-hydrogen) atoms. The average Bonchev–Trinajstić information content (AvgIpc) is 3.07. The first-order valence-corrected chi connectivity index (χ1v) is 10.3. The van der Waals surface area contributed by atoms with Gasteiger partial charge >= 0.3 is 0 Å². The van der Waals surface area contributed by atoms with E-state index in [9.17, 15) is 9.59 Å². The van der Waals surface area contributed by atoms with E-state index in [1.807, 2.05) is 54.6 Å². The predicted molar refractivity (Wildman–Crippen MR) is 115 cm³/mol. The Morgan fingerprint density at radius 3 is 2.28 bits per heavy atom. The summed E-state index contributed by atoms with van der Waals surface area (Å²) >= 11 is 1.28. The largest absolute Gasteiger partial charge is 0.326 e. The summed E-state index contributed by atoms with van der Waals surface area (Å²) < 4.78 is 1.73. The summed E-state index contributed by atoms with van der Waals surface area (Å²) in [6.45, 7) is 2.09. The smallest absolute Gasteiger partial charge is 0.234 e. The molecule has 8 heteroatoms. The van der Waals surface area contributed by atoms with Gasteiger partial charge in [0.25, 0.3) is 0 Å². The van der Waals surface area contributed by atoms with Gasteiger partial charge in [-0.1, -0.05) is 49.0 Å². The van der Waals surface area contributed by atoms with Crippen molar-refractivity contribution in [3.05, 3.63) is 66.0 Å². The Morgan fingerprint density at radius 2 is 1.59 bits per heavy atom. The predicted octanol–water partition coefficient (Wildman–Crippen LogP) is 3.29. The Kier molecular flexibility index (Phi) is 7.02. The Morgan fingerprint density at radius 1 is 0.931 bits per heavy atom. The van der Waals surface area contributed by atoms with E-state index in [1.54, 1.807) is 11.6 Å². The van der Waals surface area contributed by atoms with Crippen LogP contribution < -0.4 is 10.6 Å². The number of hydrogen-bond acceptors (Lipinski definition) is 5. The van der Waals surface area contributed by atoms with E-state index in [0.29, 0.717) is 11.0 Å². The number of amides is 2. The summed E-state index contributed by atoms with van der Waals surface area (Å²) in [6, 6.07) is 17.0. The topological polar surface area (TPSA) is 88.9 Å². The summed E-state index contributed by atoms with van der Waals surface area (Å²) in [7, 11) is 1.79. The van der Waals surface area contributed by atoms with Gasteiger partial charge in [0.1, 0.15) is 5.82 Å². The number of nitrogens with one attached hydrogen (secondary N) is 2. The van der Waals surface area contributed by atoms with Gasteiger partial charge in [0, 0.05) is 18.4 Å². The number of aromatic nitrogens is 3. The molecule has 7 nitrogen and oxygen atoms in total. The standard InChI is InChI=1S/C21H23N5O2S/c1-3-15-9-11-17(12-10-15)23-20(28)14-29-21-25-24-18(26(21)2)13-19(27)22-16-7-5-4-6-8-16/h4-12H,3,13-14H2,1-2H3,(H,22,27)(H,23,28). The maximum Gasteiger partial charge on any atom is 0.234 e. The second kappa shape index (κ2) is 9.88. The van der Waals surface area contributed by atoms with Crippen molar-refractivity contribution in [2.75, 3.05) is 16.4 Å². The van der Waals surface area contributed by atoms with Crippen LogP contribution in [0.2, 0.25) is 0 Å². The lowest BCUT2D eigenvalue weighted by atomic mass is 10.1. The number of thioether (sulfide) groups is 1. The highest BCUT2D eigenvalue weighted by atomic mass is 32.2. The number of anilines is 2. The van der Waals surface area contributed by atoms with E-state index in [4.69, 9.17) is 0 Å². The third-order valence-corrected chi connectivity index (χ3v) is 5.30. The van der Waals surface area contributed by atoms with Gasteiger partial charge < -0.3 is 15.2 Å². The zero-order chi connectivity index (χ0) is 20.6. The minimum atomic E-state index is -0.170. The molecule has 0 fully saturated rings. The average molecular weight is 410 g/mol. The second-order valence-electron chi connectivity index (χ2n) is 6.44. The lowest BCUT2D eigenvalue weighted by Crippen LogP contribution is -2.17. The molecule has 0 aliphatic heterocycles. The molecule has 2 amide bonds. The Hall–Kier alpha value is -3.13. The van der Waals surface area contributed by atoms with E-state index < -0.39 is 0 Å². The fraction of sp³-hybridized carbons (Fsp3) is 0.238. The monoisotopic (exact) mass is 409 g/mol. The first-order valence-electron chi connectivity index (χ1n) is 9.30. The van der Waals surface area contributed by atoms with E-state index in [0.717, 1.165) is 17.8 Å². The van der Waals surface area contributed by atoms with Crippen molar-refractivity contribution >= 4 is 35.0 Å². The third kappa shape index (κ3) is 5.92. The molecular weight excluding hydrogens is 386 g/mol. The molecule has 0 saturated carbocycles. The summed E-state index contributed by atoms with van der Waals surface area (Å²) in [5.41, 5.74) is 2.72. The van der Waals surface area contributed by atoms with Crippen LogP contribution in [0.1, 0.15) is 18.3 Å². The molecule has 3 rings (SSSR count). The van der Waals surface area contributed by atoms with Gasteiger partial charge in [-0.2, -0.15) is 0 Å². The van der Waals surface area contributed by atoms with E-state index in [2.05, 4.69) is 27.8 Å². The van der Waals surface area contributed by atoms with Crippen molar-refractivity contribution in [2.45, 2.75) is 24.9 Å². The summed E-state index contributed by atoms with van der Waals surface area (Å²) in [6.07, 6.45) is 1.07. The van der Waals surface area contributed by atoms with Crippen LogP contribution in [0.5, 0.6) is 0 Å². The van der Waals surface area contributed by atoms with Gasteiger partial charge in [0.05, 0.1) is 12.2 Å². The molecule has 0 atom stereocenters. The number of hydrogen-bond donors (Lipinski definition) is 2. The van der Waals surface area contributed by atoms with Crippen molar-refractivity contribution in [3.63, 3.8) is 0 Å². The van der Waals surface area contributed by atoms with Gasteiger partial charge in [-0.3, -0.25) is 9.59 Å². The minimum absolute atomic E-state index is 0.106. The second-order valence-corrected chi connectivity index (χ2v) is 7.38. The number of nitrogens with zero attached hydrogens (tertiary/aromatic N) is 3. The molecule has 3 aromatic rings. The fourth-order valence-electron chi connectivity index (χ4n) is 2.65. The first-order chi connectivity index (χ1) is 14.0. The number of benzene rings is 2. The molecule has 0 radical (unpaired) electrons. The van der Waals surface area contributed by atoms with Crippen LogP contribution in [-0.2, 0) is 29.5 Å². The van der Waals surface area contributed by atoms with Crippen molar-refractivity contribution in [1.82, 2.24) is 14.8 Å². The highest BCUT2D eigenvalue weighted by Crippen LogP contribution is 2.17. The maximum atomic E-state index is 12.2. The van der Waals surface area contributed by atoms with Gasteiger partial charge in [-0.15, -0.1) is 10.2 Å². The zero-order valence-electron chi connectivity index (χ0n) is 16.4. The van der Waals surface area contributed by atoms with Crippen LogP contribution in [0.25, 0.3) is 0 Å². The number of aryl methyl sites for hydroxylation is 1. The van der Waals surface area contributed by atoms with Crippen LogP contribution in [-0.4, -0.2) is 32.3 Å². The van der Waals surface area contributed by atoms with Gasteiger partial charge in [0.15, 0.2) is 5.16 Å². The molecule has 150 valence electrons. The number of para-hydroxylation sites is 1. The highest BCUT2D eigenvalue weighted by Gasteiger charge is 2.14. The maximum absolute atomic E-state index is 12.2. The summed E-state index contributed by atoms with van der Waals surface area (Å²) in [4.78, 5) is 24.4. The molecule has 0 spiro atoms. The molecule has 1 aromatic heterocycles. The quantitative estimate of drug-likeness (QED) is 0.557. The number of carbonyl (C=O) groups excluding carboxylic acids is 2. The van der Waals surface area contributed by atoms with E-state index in [1.165, 1.54) is 17.3 Å². The van der Waals surface area contributed by atoms with Crippen LogP contribution in [0.4, 0.5) is 11.4 Å². The number of rotatable bonds is 8. The zero-order valence-corrected chi connectivity index (χ0v) is 17.2. The Labute approximate surface area is 173 Å². The van der Waals surface area contributed by atoms with Crippen molar-refractivity contribution in [3.8, 4) is 0 Å². The first kappa shape index (κ1) is 20.6. The van der Waals surface area contributed by atoms with Gasteiger partial charge in [-0.25, -0.2) is 0 Å². The normalized spacial score (nSPS) is 10.6. The van der Waals surface area contributed by atoms with Crippen LogP contribution in [0, 0.1) is 0 Å².